The van der Waals surface area contributed by atoms with Gasteiger partial charge in [0.15, 0.2) is 11.4 Å². The van der Waals surface area contributed by atoms with E-state index in [0.717, 1.165) is 17.4 Å². The summed E-state index contributed by atoms with van der Waals surface area (Å²) in [6, 6.07) is 19.5. The second-order valence-corrected chi connectivity index (χ2v) is 7.22. The molecule has 4 heteroatoms. The van der Waals surface area contributed by atoms with Gasteiger partial charge in [-0.2, -0.15) is 0 Å². The van der Waals surface area contributed by atoms with Crippen molar-refractivity contribution >= 4 is 23.3 Å². The van der Waals surface area contributed by atoms with Gasteiger partial charge in [-0.3, -0.25) is 4.57 Å². The van der Waals surface area contributed by atoms with Gasteiger partial charge in [-0.05, 0) is 35.8 Å². The molecule has 4 rings (SSSR count). The zero-order chi connectivity index (χ0) is 16.5. The van der Waals surface area contributed by atoms with E-state index in [1.165, 1.54) is 42.5 Å². The van der Waals surface area contributed by atoms with Crippen molar-refractivity contribution < 1.29 is 4.90 Å². The first-order valence-electron chi connectivity index (χ1n) is 8.77. The number of rotatable bonds is 3. The molecular weight excluding hydrogens is 314 g/mol. The van der Waals surface area contributed by atoms with Crippen LogP contribution in [0, 0.1) is 4.77 Å². The minimum absolute atomic E-state index is 0.718. The predicted octanol–water partition coefficient (Wildman–Crippen LogP) is 3.13. The van der Waals surface area contributed by atoms with Crippen molar-refractivity contribution in [1.29, 1.82) is 0 Å². The fourth-order valence-corrected chi connectivity index (χ4v) is 4.24. The maximum atomic E-state index is 5.67. The highest BCUT2D eigenvalue weighted by Crippen LogP contribution is 2.23. The average molecular weight is 339 g/mol. The second kappa shape index (κ2) is 6.54. The molecule has 1 aliphatic heterocycles. The molecule has 1 aliphatic rings. The van der Waals surface area contributed by atoms with Crippen molar-refractivity contribution in [2.45, 2.75) is 25.4 Å². The Morgan fingerprint density at radius 3 is 2.29 bits per heavy atom. The number of fused-ring (bicyclic) bond motifs is 1. The Morgan fingerprint density at radius 1 is 0.958 bits per heavy atom. The summed E-state index contributed by atoms with van der Waals surface area (Å²) in [6.07, 6.45) is 2.52. The molecule has 0 saturated carbocycles. The summed E-state index contributed by atoms with van der Waals surface area (Å²) in [5.41, 5.74) is 3.97. The highest BCUT2D eigenvalue weighted by atomic mass is 32.1. The molecule has 2 aromatic carbocycles. The zero-order valence-electron chi connectivity index (χ0n) is 14.1. The number of para-hydroxylation sites is 2. The maximum Gasteiger partial charge on any atom is 0.184 e. The highest BCUT2D eigenvalue weighted by Gasteiger charge is 2.24. The lowest BCUT2D eigenvalue weighted by Gasteiger charge is -2.29. The fraction of sp³-hybridized carbons (Fsp3) is 0.350. The molecule has 1 aromatic heterocycles. The molecule has 1 fully saturated rings. The molecule has 3 aromatic rings. The van der Waals surface area contributed by atoms with Crippen LogP contribution in [0.1, 0.15) is 24.3 Å². The van der Waals surface area contributed by atoms with Gasteiger partial charge in [0.25, 0.3) is 0 Å². The average Bonchev–Trinajstić information content (AvgIpc) is 2.88. The number of aromatic nitrogens is 2. The van der Waals surface area contributed by atoms with E-state index in [9.17, 15) is 0 Å². The van der Waals surface area contributed by atoms with Crippen LogP contribution in [-0.2, 0) is 13.7 Å². The van der Waals surface area contributed by atoms with Crippen LogP contribution < -0.4 is 4.90 Å². The van der Waals surface area contributed by atoms with E-state index >= 15 is 0 Å². The molecule has 0 aliphatic carbocycles. The van der Waals surface area contributed by atoms with E-state index in [-0.39, 0.29) is 0 Å². The molecule has 1 N–H and O–H groups in total. The number of hydrogen-bond acceptors (Lipinski definition) is 1. The van der Waals surface area contributed by atoms with Crippen LogP contribution in [0.2, 0.25) is 0 Å². The van der Waals surface area contributed by atoms with E-state index < -0.39 is 0 Å². The van der Waals surface area contributed by atoms with Crippen LogP contribution in [0.5, 0.6) is 0 Å². The molecule has 24 heavy (non-hydrogen) atoms. The van der Waals surface area contributed by atoms with Crippen molar-refractivity contribution in [3.05, 3.63) is 64.9 Å². The fourth-order valence-electron chi connectivity index (χ4n) is 3.98. The van der Waals surface area contributed by atoms with Gasteiger partial charge in [0.1, 0.15) is 0 Å². The molecule has 0 radical (unpaired) electrons. The predicted molar refractivity (Wildman–Crippen MR) is 101 cm³/mol. The number of hydrogen-bond donors (Lipinski definition) is 1. The summed E-state index contributed by atoms with van der Waals surface area (Å²) >= 11 is 5.67. The standard InChI is InChI=1S/C20H23N3S/c1-21-18-9-5-6-10-19(18)23(20(21)24)15-22-13-11-17(12-14-22)16-7-3-2-4-8-16/h2-10,17H,11-15H2,1H3/p+1. The third-order valence-electron chi connectivity index (χ3n) is 5.40. The van der Waals surface area contributed by atoms with E-state index in [4.69, 9.17) is 12.2 Å². The molecule has 1 saturated heterocycles. The van der Waals surface area contributed by atoms with Gasteiger partial charge in [0.2, 0.25) is 0 Å². The van der Waals surface area contributed by atoms with E-state index in [0.29, 0.717) is 0 Å². The summed E-state index contributed by atoms with van der Waals surface area (Å²) < 4.78 is 5.36. The van der Waals surface area contributed by atoms with Crippen LogP contribution >= 0.6 is 12.2 Å². The Bertz CT molecular complexity index is 886. The Labute approximate surface area is 148 Å². The van der Waals surface area contributed by atoms with Gasteiger partial charge < -0.3 is 9.47 Å². The van der Waals surface area contributed by atoms with Crippen LogP contribution in [0.3, 0.4) is 0 Å². The van der Waals surface area contributed by atoms with Gasteiger partial charge in [-0.15, -0.1) is 0 Å². The summed E-state index contributed by atoms with van der Waals surface area (Å²) in [6.45, 7) is 3.40. The first-order valence-corrected chi connectivity index (χ1v) is 9.17. The maximum absolute atomic E-state index is 5.67. The number of aryl methyl sites for hydroxylation is 1. The van der Waals surface area contributed by atoms with Crippen LogP contribution in [-0.4, -0.2) is 22.2 Å². The summed E-state index contributed by atoms with van der Waals surface area (Å²) in [5, 5.41) is 0. The molecule has 2 heterocycles. The number of piperidine rings is 1. The summed E-state index contributed by atoms with van der Waals surface area (Å²) in [5.74, 6) is 0.718. The van der Waals surface area contributed by atoms with E-state index in [2.05, 4.69) is 70.8 Å². The van der Waals surface area contributed by atoms with Gasteiger partial charge in [0.05, 0.1) is 24.1 Å². The zero-order valence-corrected chi connectivity index (χ0v) is 14.9. The number of quaternary nitrogens is 1. The van der Waals surface area contributed by atoms with Crippen LogP contribution in [0.4, 0.5) is 0 Å². The lowest BCUT2D eigenvalue weighted by atomic mass is 9.90. The molecule has 124 valence electrons. The smallest absolute Gasteiger partial charge is 0.184 e. The Balaban J connectivity index is 1.50. The molecule has 0 atom stereocenters. The van der Waals surface area contributed by atoms with Gasteiger partial charge in [-0.25, -0.2) is 0 Å². The molecule has 0 amide bonds. The summed E-state index contributed by atoms with van der Waals surface area (Å²) in [4.78, 5) is 1.63. The molecule has 0 spiro atoms. The molecule has 0 unspecified atom stereocenters. The second-order valence-electron chi connectivity index (χ2n) is 6.85. The van der Waals surface area contributed by atoms with Crippen molar-refractivity contribution in [2.75, 3.05) is 13.1 Å². The van der Waals surface area contributed by atoms with Crippen LogP contribution in [0.15, 0.2) is 54.6 Å². The number of benzene rings is 2. The van der Waals surface area contributed by atoms with Crippen molar-refractivity contribution in [2.24, 2.45) is 7.05 Å². The minimum atomic E-state index is 0.718. The van der Waals surface area contributed by atoms with Gasteiger partial charge in [0, 0.05) is 19.9 Å². The van der Waals surface area contributed by atoms with E-state index in [1.807, 2.05) is 0 Å². The first kappa shape index (κ1) is 15.6. The Morgan fingerprint density at radius 2 is 1.58 bits per heavy atom. The third kappa shape index (κ3) is 2.80. The summed E-state index contributed by atoms with van der Waals surface area (Å²) in [7, 11) is 2.07. The topological polar surface area (TPSA) is 14.3 Å². The lowest BCUT2D eigenvalue weighted by molar-refractivity contribution is -0.927. The number of imidazole rings is 1. The number of nitrogens with one attached hydrogen (secondary N) is 1. The lowest BCUT2D eigenvalue weighted by Crippen LogP contribution is -3.12. The van der Waals surface area contributed by atoms with Crippen molar-refractivity contribution in [1.82, 2.24) is 9.13 Å². The van der Waals surface area contributed by atoms with Crippen molar-refractivity contribution in [3.8, 4) is 0 Å². The van der Waals surface area contributed by atoms with Crippen LogP contribution in [0.25, 0.3) is 11.0 Å². The van der Waals surface area contributed by atoms with Gasteiger partial charge in [-0.1, -0.05) is 42.5 Å². The van der Waals surface area contributed by atoms with Crippen molar-refractivity contribution in [3.63, 3.8) is 0 Å². The van der Waals surface area contributed by atoms with Gasteiger partial charge >= 0.3 is 0 Å². The minimum Gasteiger partial charge on any atom is -0.320 e. The first-order chi connectivity index (χ1) is 11.7. The van der Waals surface area contributed by atoms with E-state index in [1.54, 1.807) is 4.90 Å². The SMILES string of the molecule is Cn1c(=S)n(C[NH+]2CCC(c3ccccc3)CC2)c2ccccc21. The largest absolute Gasteiger partial charge is 0.320 e. The molecular formula is C20H24N3S+. The highest BCUT2D eigenvalue weighted by molar-refractivity contribution is 7.71. The number of nitrogens with zero attached hydrogens (tertiary/aromatic N) is 2. The number of likely N-dealkylation sites (tertiary alicyclic amines) is 1. The third-order valence-corrected chi connectivity index (χ3v) is 5.89. The Hall–Kier alpha value is -1.91. The molecule has 3 nitrogen and oxygen atoms in total. The monoisotopic (exact) mass is 338 g/mol. The quantitative estimate of drug-likeness (QED) is 0.725. The normalized spacial score (nSPS) is 21.2. The Kier molecular flexibility index (Phi) is 4.25. The molecule has 0 bridgehead atoms.